The molecule has 0 radical (unpaired) electrons. The molecule has 9 heteroatoms. The van der Waals surface area contributed by atoms with Crippen molar-refractivity contribution >= 4 is 46.8 Å². The van der Waals surface area contributed by atoms with Gasteiger partial charge in [-0.25, -0.2) is 0 Å². The van der Waals surface area contributed by atoms with E-state index in [2.05, 4.69) is 16.2 Å². The van der Waals surface area contributed by atoms with Crippen LogP contribution in [0.25, 0.3) is 6.08 Å². The molecule has 2 aromatic rings. The number of benzene rings is 2. The number of hydrazine groups is 1. The van der Waals surface area contributed by atoms with Crippen LogP contribution in [0.4, 0.5) is 0 Å². The molecule has 0 aliphatic carbocycles. The van der Waals surface area contributed by atoms with Crippen LogP contribution in [-0.2, 0) is 9.59 Å². The highest BCUT2D eigenvalue weighted by molar-refractivity contribution is 7.80. The summed E-state index contributed by atoms with van der Waals surface area (Å²) in [6.45, 7) is -0.237. The number of halogens is 1. The van der Waals surface area contributed by atoms with Crippen LogP contribution in [0.1, 0.15) is 5.56 Å². The van der Waals surface area contributed by atoms with E-state index in [0.717, 1.165) is 5.56 Å². The van der Waals surface area contributed by atoms with E-state index in [1.54, 1.807) is 49.6 Å². The Morgan fingerprint density at radius 3 is 2.54 bits per heavy atom. The summed E-state index contributed by atoms with van der Waals surface area (Å²) in [5.41, 5.74) is 5.48. The molecule has 2 aromatic carbocycles. The summed E-state index contributed by atoms with van der Waals surface area (Å²) < 4.78 is 10.5. The highest BCUT2D eigenvalue weighted by Gasteiger charge is 2.06. The highest BCUT2D eigenvalue weighted by Crippen LogP contribution is 2.18. The van der Waals surface area contributed by atoms with Gasteiger partial charge in [-0.15, -0.1) is 0 Å². The topological polar surface area (TPSA) is 88.7 Å². The van der Waals surface area contributed by atoms with Gasteiger partial charge in [0.25, 0.3) is 5.91 Å². The Morgan fingerprint density at radius 1 is 1.11 bits per heavy atom. The van der Waals surface area contributed by atoms with Crippen molar-refractivity contribution in [2.24, 2.45) is 0 Å². The Hall–Kier alpha value is -3.10. The predicted molar refractivity (Wildman–Crippen MR) is 111 cm³/mol. The third kappa shape index (κ3) is 7.26. The van der Waals surface area contributed by atoms with Crippen molar-refractivity contribution in [2.75, 3.05) is 13.7 Å². The Balaban J connectivity index is 1.72. The first-order valence-corrected chi connectivity index (χ1v) is 8.86. The molecule has 28 heavy (non-hydrogen) atoms. The predicted octanol–water partition coefficient (Wildman–Crippen LogP) is 2.46. The number of ether oxygens (including phenoxy) is 2. The average molecular weight is 420 g/mol. The first-order chi connectivity index (χ1) is 13.5. The van der Waals surface area contributed by atoms with Gasteiger partial charge in [-0.1, -0.05) is 29.8 Å². The lowest BCUT2D eigenvalue weighted by Gasteiger charge is -2.10. The summed E-state index contributed by atoms with van der Waals surface area (Å²) >= 11 is 10.7. The van der Waals surface area contributed by atoms with Crippen molar-refractivity contribution in [3.05, 3.63) is 65.2 Å². The second-order valence-corrected chi connectivity index (χ2v) is 6.15. The molecule has 0 bridgehead atoms. The van der Waals surface area contributed by atoms with Gasteiger partial charge in [0, 0.05) is 16.7 Å². The first kappa shape index (κ1) is 21.2. The Kier molecular flexibility index (Phi) is 8.26. The quantitative estimate of drug-likeness (QED) is 0.378. The zero-order valence-corrected chi connectivity index (χ0v) is 16.5. The summed E-state index contributed by atoms with van der Waals surface area (Å²) in [5.74, 6) is 0.197. The fraction of sp³-hybridized carbons (Fsp3) is 0.105. The lowest BCUT2D eigenvalue weighted by molar-refractivity contribution is -0.123. The number of carbonyl (C=O) groups excluding carboxylic acids is 2. The Labute approximate surface area is 172 Å². The molecule has 7 nitrogen and oxygen atoms in total. The molecular formula is C19H18ClN3O4S. The molecule has 0 fully saturated rings. The Morgan fingerprint density at radius 2 is 1.82 bits per heavy atom. The van der Waals surface area contributed by atoms with Crippen LogP contribution < -0.4 is 25.6 Å². The monoisotopic (exact) mass is 419 g/mol. The molecule has 0 aliphatic heterocycles. The van der Waals surface area contributed by atoms with Gasteiger partial charge in [-0.2, -0.15) is 0 Å². The van der Waals surface area contributed by atoms with Crippen LogP contribution >= 0.6 is 23.8 Å². The van der Waals surface area contributed by atoms with E-state index < -0.39 is 11.8 Å². The second-order valence-electron chi connectivity index (χ2n) is 5.31. The number of rotatable bonds is 6. The standard InChI is InChI=1S/C19H18ClN3O4S/c1-26-16-5-3-2-4-13(16)6-11-17(24)21-19(28)23-22-18(25)12-27-15-9-7-14(20)8-10-15/h2-11H,12H2,1H3,(H,22,25)(H2,21,23,24,28). The third-order valence-corrected chi connectivity index (χ3v) is 3.75. The zero-order valence-electron chi connectivity index (χ0n) is 14.9. The molecule has 0 saturated carbocycles. The molecule has 2 rings (SSSR count). The van der Waals surface area contributed by atoms with Gasteiger partial charge in [0.1, 0.15) is 11.5 Å². The van der Waals surface area contributed by atoms with E-state index in [-0.39, 0.29) is 11.7 Å². The normalized spacial score (nSPS) is 10.2. The van der Waals surface area contributed by atoms with E-state index >= 15 is 0 Å². The summed E-state index contributed by atoms with van der Waals surface area (Å²) in [6, 6.07) is 13.8. The fourth-order valence-electron chi connectivity index (χ4n) is 2.00. The van der Waals surface area contributed by atoms with Gasteiger partial charge in [0.2, 0.25) is 5.91 Å². The maximum Gasteiger partial charge on any atom is 0.276 e. The van der Waals surface area contributed by atoms with Crippen LogP contribution in [0.2, 0.25) is 5.02 Å². The minimum atomic E-state index is -0.476. The molecule has 0 aliphatic rings. The van der Waals surface area contributed by atoms with Gasteiger partial charge in [0.15, 0.2) is 11.7 Å². The van der Waals surface area contributed by atoms with Gasteiger partial charge in [0.05, 0.1) is 7.11 Å². The van der Waals surface area contributed by atoms with Gasteiger partial charge >= 0.3 is 0 Å². The molecule has 0 atom stereocenters. The number of para-hydroxylation sites is 1. The highest BCUT2D eigenvalue weighted by atomic mass is 35.5. The van der Waals surface area contributed by atoms with Crippen LogP contribution in [0.15, 0.2) is 54.6 Å². The van der Waals surface area contributed by atoms with Crippen molar-refractivity contribution < 1.29 is 19.1 Å². The fourth-order valence-corrected chi connectivity index (χ4v) is 2.27. The van der Waals surface area contributed by atoms with Crippen LogP contribution in [0, 0.1) is 0 Å². The summed E-state index contributed by atoms with van der Waals surface area (Å²) in [7, 11) is 1.55. The first-order valence-electron chi connectivity index (χ1n) is 8.07. The van der Waals surface area contributed by atoms with Gasteiger partial charge in [-0.3, -0.25) is 25.8 Å². The molecule has 0 heterocycles. The smallest absolute Gasteiger partial charge is 0.276 e. The molecule has 146 valence electrons. The number of carbonyl (C=O) groups is 2. The largest absolute Gasteiger partial charge is 0.496 e. The number of hydrogen-bond donors (Lipinski definition) is 3. The van der Waals surface area contributed by atoms with E-state index in [9.17, 15) is 9.59 Å². The van der Waals surface area contributed by atoms with Crippen molar-refractivity contribution in [1.82, 2.24) is 16.2 Å². The maximum atomic E-state index is 11.9. The summed E-state index contributed by atoms with van der Waals surface area (Å²) in [4.78, 5) is 23.6. The molecule has 0 aromatic heterocycles. The molecule has 0 unspecified atom stereocenters. The zero-order chi connectivity index (χ0) is 20.4. The number of nitrogens with one attached hydrogen (secondary N) is 3. The minimum absolute atomic E-state index is 0.0606. The van der Waals surface area contributed by atoms with Crippen LogP contribution in [0.3, 0.4) is 0 Å². The van der Waals surface area contributed by atoms with Crippen molar-refractivity contribution in [2.45, 2.75) is 0 Å². The molecular weight excluding hydrogens is 402 g/mol. The summed E-state index contributed by atoms with van der Waals surface area (Å²) in [5, 5.41) is 2.91. The van der Waals surface area contributed by atoms with Gasteiger partial charge in [-0.05, 0) is 48.6 Å². The van der Waals surface area contributed by atoms with E-state index in [4.69, 9.17) is 33.3 Å². The number of methoxy groups -OCH3 is 1. The lowest BCUT2D eigenvalue weighted by atomic mass is 10.2. The lowest BCUT2D eigenvalue weighted by Crippen LogP contribution is -2.49. The van der Waals surface area contributed by atoms with Crippen molar-refractivity contribution in [3.63, 3.8) is 0 Å². The number of hydrogen-bond acceptors (Lipinski definition) is 5. The number of thiocarbonyl (C=S) groups is 1. The molecule has 0 spiro atoms. The van der Waals surface area contributed by atoms with E-state index in [1.807, 2.05) is 12.1 Å². The average Bonchev–Trinajstić information content (AvgIpc) is 2.70. The third-order valence-electron chi connectivity index (χ3n) is 3.29. The van der Waals surface area contributed by atoms with Crippen molar-refractivity contribution in [3.8, 4) is 11.5 Å². The SMILES string of the molecule is COc1ccccc1C=CC(=O)NC(=S)NNC(=O)COc1ccc(Cl)cc1. The minimum Gasteiger partial charge on any atom is -0.496 e. The van der Waals surface area contributed by atoms with Crippen LogP contribution in [-0.4, -0.2) is 30.6 Å². The van der Waals surface area contributed by atoms with E-state index in [1.165, 1.54) is 6.08 Å². The van der Waals surface area contributed by atoms with E-state index in [0.29, 0.717) is 16.5 Å². The molecule has 0 saturated heterocycles. The second kappa shape index (κ2) is 10.9. The Bertz CT molecular complexity index is 872. The molecule has 3 N–H and O–H groups in total. The summed E-state index contributed by atoms with van der Waals surface area (Å²) in [6.07, 6.45) is 2.90. The van der Waals surface area contributed by atoms with Crippen molar-refractivity contribution in [1.29, 1.82) is 0 Å². The molecule has 2 amide bonds. The maximum absolute atomic E-state index is 11.9. The van der Waals surface area contributed by atoms with Gasteiger partial charge < -0.3 is 9.47 Å². The van der Waals surface area contributed by atoms with Crippen LogP contribution in [0.5, 0.6) is 11.5 Å². The number of amides is 2.